The molecule has 1 saturated heterocycles. The fraction of sp³-hybridized carbons (Fsp3) is 0.483. The average Bonchev–Trinajstić information content (AvgIpc) is 3.45. The van der Waals surface area contributed by atoms with E-state index >= 15 is 0 Å². The van der Waals surface area contributed by atoms with Crippen LogP contribution >= 0.6 is 0 Å². The molecule has 1 aromatic heterocycles. The molecule has 0 atom stereocenters. The van der Waals surface area contributed by atoms with E-state index in [1.807, 2.05) is 19.1 Å². The van der Waals surface area contributed by atoms with Crippen molar-refractivity contribution in [2.75, 3.05) is 20.2 Å². The number of methoxy groups -OCH3 is 1. The van der Waals surface area contributed by atoms with E-state index in [4.69, 9.17) is 9.84 Å². The maximum absolute atomic E-state index is 13.1. The van der Waals surface area contributed by atoms with Crippen molar-refractivity contribution in [2.45, 2.75) is 77.2 Å². The number of fused-ring (bicyclic) bond motifs is 1. The van der Waals surface area contributed by atoms with Crippen LogP contribution in [0.4, 0.5) is 0 Å². The van der Waals surface area contributed by atoms with E-state index in [-0.39, 0.29) is 6.04 Å². The van der Waals surface area contributed by atoms with Gasteiger partial charge in [0, 0.05) is 30.8 Å². The van der Waals surface area contributed by atoms with Crippen molar-refractivity contribution in [1.29, 1.82) is 0 Å². The minimum absolute atomic E-state index is 0.213. The predicted octanol–water partition coefficient (Wildman–Crippen LogP) is 5.23. The molecule has 36 heavy (non-hydrogen) atoms. The minimum atomic E-state index is -3.46. The molecule has 6 nitrogen and oxygen atoms in total. The molecule has 0 radical (unpaired) electrons. The molecule has 7 heteroatoms. The first kappa shape index (κ1) is 25.0. The third-order valence-corrected chi connectivity index (χ3v) is 10.0. The summed E-state index contributed by atoms with van der Waals surface area (Å²) in [5.74, 6) is 1.06. The van der Waals surface area contributed by atoms with Gasteiger partial charge in [-0.25, -0.2) is 8.42 Å². The van der Waals surface area contributed by atoms with Crippen LogP contribution in [0.1, 0.15) is 70.1 Å². The Bertz CT molecular complexity index is 1380. The highest BCUT2D eigenvalue weighted by Crippen LogP contribution is 2.38. The average molecular weight is 508 g/mol. The van der Waals surface area contributed by atoms with Crippen LogP contribution in [-0.2, 0) is 29.3 Å². The van der Waals surface area contributed by atoms with E-state index in [1.54, 1.807) is 23.5 Å². The van der Waals surface area contributed by atoms with Crippen LogP contribution in [0.25, 0.3) is 0 Å². The summed E-state index contributed by atoms with van der Waals surface area (Å²) in [4.78, 5) is 0.377. The van der Waals surface area contributed by atoms with Gasteiger partial charge in [-0.15, -0.1) is 0 Å². The lowest BCUT2D eigenvalue weighted by atomic mass is 9.93. The van der Waals surface area contributed by atoms with E-state index in [0.29, 0.717) is 18.0 Å². The maximum atomic E-state index is 13.1. The van der Waals surface area contributed by atoms with Crippen molar-refractivity contribution in [1.82, 2.24) is 14.1 Å². The summed E-state index contributed by atoms with van der Waals surface area (Å²) in [5, 5.41) is 4.96. The van der Waals surface area contributed by atoms with E-state index in [0.717, 1.165) is 49.1 Å². The van der Waals surface area contributed by atoms with E-state index in [2.05, 4.69) is 31.5 Å². The van der Waals surface area contributed by atoms with Gasteiger partial charge in [0.25, 0.3) is 0 Å². The van der Waals surface area contributed by atoms with Gasteiger partial charge in [-0.05, 0) is 94.2 Å². The van der Waals surface area contributed by atoms with Crippen LogP contribution in [0.2, 0.25) is 0 Å². The maximum Gasteiger partial charge on any atom is 0.243 e. The lowest BCUT2D eigenvalue weighted by Crippen LogP contribution is -2.39. The molecule has 0 spiro atoms. The molecule has 1 aliphatic carbocycles. The molecule has 5 rings (SSSR count). The molecule has 0 unspecified atom stereocenters. The normalized spacial score (nSPS) is 16.9. The van der Waals surface area contributed by atoms with Crippen molar-refractivity contribution in [2.24, 2.45) is 0 Å². The molecule has 2 aromatic carbocycles. The molecule has 1 fully saturated rings. The van der Waals surface area contributed by atoms with Crippen LogP contribution < -0.4 is 4.74 Å². The number of piperidine rings is 1. The Labute approximate surface area is 215 Å². The molecular weight excluding hydrogens is 470 g/mol. The van der Waals surface area contributed by atoms with Crippen LogP contribution in [0.3, 0.4) is 0 Å². The number of hydrogen-bond acceptors (Lipinski definition) is 4. The van der Waals surface area contributed by atoms with E-state index in [9.17, 15) is 8.42 Å². The largest absolute Gasteiger partial charge is 0.496 e. The third-order valence-electron chi connectivity index (χ3n) is 8.10. The molecule has 3 aromatic rings. The number of benzene rings is 2. The van der Waals surface area contributed by atoms with Gasteiger partial charge in [0.15, 0.2) is 0 Å². The molecule has 2 aliphatic rings. The SMILES string of the molecule is COc1c(C)cc(Cc2c(C)nn(C3CCN(S(=O)(=O)c4ccc(C)cc4)CC3)c2C)c2c1CCC2. The number of ether oxygens (including phenoxy) is 1. The standard InChI is InChI=1S/C29H37N3O3S/c1-19-9-11-25(12-10-19)36(33,34)31-15-13-24(14-16-31)32-22(4)28(21(3)30-32)18-23-17-20(2)29(35-5)27-8-6-7-26(23)27/h9-12,17,24H,6-8,13-16,18H2,1-5H3. The van der Waals surface area contributed by atoms with Gasteiger partial charge >= 0.3 is 0 Å². The first-order valence-electron chi connectivity index (χ1n) is 13.0. The molecule has 0 N–H and O–H groups in total. The summed E-state index contributed by atoms with van der Waals surface area (Å²) >= 11 is 0. The molecule has 0 saturated carbocycles. The number of hydrogen-bond donors (Lipinski definition) is 0. The van der Waals surface area contributed by atoms with Crippen LogP contribution in [0.15, 0.2) is 35.2 Å². The van der Waals surface area contributed by atoms with Crippen molar-refractivity contribution >= 4 is 10.0 Å². The number of rotatable bonds is 6. The molecule has 192 valence electrons. The monoisotopic (exact) mass is 507 g/mol. The summed E-state index contributed by atoms with van der Waals surface area (Å²) in [5.41, 5.74) is 10.1. The highest BCUT2D eigenvalue weighted by molar-refractivity contribution is 7.89. The van der Waals surface area contributed by atoms with Gasteiger partial charge in [0.1, 0.15) is 5.75 Å². The van der Waals surface area contributed by atoms with E-state index < -0.39 is 10.0 Å². The van der Waals surface area contributed by atoms with Crippen molar-refractivity contribution in [3.63, 3.8) is 0 Å². The smallest absolute Gasteiger partial charge is 0.243 e. The molecule has 0 bridgehead atoms. The molecule has 1 aliphatic heterocycles. The topological polar surface area (TPSA) is 64.4 Å². The number of sulfonamides is 1. The van der Waals surface area contributed by atoms with Crippen molar-refractivity contribution in [3.05, 3.63) is 75.1 Å². The molecule has 0 amide bonds. The molecule has 2 heterocycles. The quantitative estimate of drug-likeness (QED) is 0.458. The zero-order valence-corrected chi connectivity index (χ0v) is 22.9. The second-order valence-corrected chi connectivity index (χ2v) is 12.4. The van der Waals surface area contributed by atoms with Gasteiger partial charge in [0.2, 0.25) is 10.0 Å². The van der Waals surface area contributed by atoms with Crippen molar-refractivity contribution in [3.8, 4) is 5.75 Å². The summed E-state index contributed by atoms with van der Waals surface area (Å²) in [7, 11) is -1.69. The van der Waals surface area contributed by atoms with Crippen LogP contribution in [0.5, 0.6) is 5.75 Å². The lowest BCUT2D eigenvalue weighted by molar-refractivity contribution is 0.258. The fourth-order valence-electron chi connectivity index (χ4n) is 6.13. The Balaban J connectivity index is 1.34. The number of nitrogens with zero attached hydrogens (tertiary/aromatic N) is 3. The number of aryl methyl sites for hydroxylation is 3. The summed E-state index contributed by atoms with van der Waals surface area (Å²) in [6.45, 7) is 9.41. The second-order valence-electron chi connectivity index (χ2n) is 10.4. The van der Waals surface area contributed by atoms with Crippen molar-refractivity contribution < 1.29 is 13.2 Å². The highest BCUT2D eigenvalue weighted by Gasteiger charge is 2.31. The Hall–Kier alpha value is -2.64. The first-order chi connectivity index (χ1) is 17.2. The zero-order valence-electron chi connectivity index (χ0n) is 22.1. The lowest BCUT2D eigenvalue weighted by Gasteiger charge is -2.32. The first-order valence-corrected chi connectivity index (χ1v) is 14.4. The Kier molecular flexibility index (Phi) is 6.72. The Morgan fingerprint density at radius 1 is 1.00 bits per heavy atom. The summed E-state index contributed by atoms with van der Waals surface area (Å²) in [6, 6.07) is 9.65. The Morgan fingerprint density at radius 3 is 2.33 bits per heavy atom. The third kappa shape index (κ3) is 4.37. The second kappa shape index (κ2) is 9.67. The van der Waals surface area contributed by atoms with E-state index in [1.165, 1.54) is 39.9 Å². The van der Waals surface area contributed by atoms with Gasteiger partial charge in [-0.2, -0.15) is 9.40 Å². The summed E-state index contributed by atoms with van der Waals surface area (Å²) in [6.07, 6.45) is 5.80. The van der Waals surface area contributed by atoms with Gasteiger partial charge in [0.05, 0.1) is 23.7 Å². The van der Waals surface area contributed by atoms with Gasteiger partial charge < -0.3 is 4.74 Å². The highest BCUT2D eigenvalue weighted by atomic mass is 32.2. The number of aromatic nitrogens is 2. The van der Waals surface area contributed by atoms with Gasteiger partial charge in [-0.3, -0.25) is 4.68 Å². The minimum Gasteiger partial charge on any atom is -0.496 e. The van der Waals surface area contributed by atoms with Crippen LogP contribution in [0, 0.1) is 27.7 Å². The summed E-state index contributed by atoms with van der Waals surface area (Å²) < 4.78 is 35.8. The van der Waals surface area contributed by atoms with Gasteiger partial charge in [-0.1, -0.05) is 23.8 Å². The fourth-order valence-corrected chi connectivity index (χ4v) is 7.60. The predicted molar refractivity (Wildman–Crippen MR) is 142 cm³/mol. The zero-order chi connectivity index (χ0) is 25.6. The molecular formula is C29H37N3O3S. The Morgan fingerprint density at radius 2 is 1.67 bits per heavy atom. The van der Waals surface area contributed by atoms with Crippen LogP contribution in [-0.4, -0.2) is 42.7 Å².